The SMILES string of the molecule is COc1ccc(N2CCN(C(=O)CC(OC(N)=O)c3ccc(C)cc3)CC2)cc1OC. The van der Waals surface area contributed by atoms with Gasteiger partial charge in [0.2, 0.25) is 5.91 Å². The number of hydrogen-bond donors (Lipinski definition) is 1. The molecule has 2 aromatic carbocycles. The molecule has 0 saturated carbocycles. The lowest BCUT2D eigenvalue weighted by atomic mass is 10.0. The van der Waals surface area contributed by atoms with Crippen molar-refractivity contribution in [2.24, 2.45) is 5.73 Å². The van der Waals surface area contributed by atoms with Crippen LogP contribution < -0.4 is 20.1 Å². The summed E-state index contributed by atoms with van der Waals surface area (Å²) >= 11 is 0. The predicted molar refractivity (Wildman–Crippen MR) is 118 cm³/mol. The standard InChI is InChI=1S/C23H29N3O5/c1-16-4-6-17(7-5-16)20(31-23(24)28)15-22(27)26-12-10-25(11-13-26)18-8-9-19(29-2)21(14-18)30-3/h4-9,14,20H,10-13,15H2,1-3H3,(H2,24,28). The normalized spacial score (nSPS) is 14.7. The first-order valence-electron chi connectivity index (χ1n) is 10.2. The smallest absolute Gasteiger partial charge is 0.405 e. The first-order valence-corrected chi connectivity index (χ1v) is 10.2. The summed E-state index contributed by atoms with van der Waals surface area (Å²) in [4.78, 5) is 28.2. The number of carbonyl (C=O) groups excluding carboxylic acids is 2. The van der Waals surface area contributed by atoms with Gasteiger partial charge >= 0.3 is 6.09 Å². The van der Waals surface area contributed by atoms with Crippen molar-refractivity contribution in [1.82, 2.24) is 4.90 Å². The zero-order valence-corrected chi connectivity index (χ0v) is 18.2. The highest BCUT2D eigenvalue weighted by atomic mass is 16.6. The molecular formula is C23H29N3O5. The van der Waals surface area contributed by atoms with E-state index in [9.17, 15) is 9.59 Å². The number of piperazine rings is 1. The highest BCUT2D eigenvalue weighted by molar-refractivity contribution is 5.78. The molecule has 1 heterocycles. The van der Waals surface area contributed by atoms with E-state index in [0.717, 1.165) is 16.8 Å². The van der Waals surface area contributed by atoms with Gasteiger partial charge in [-0.1, -0.05) is 29.8 Å². The Morgan fingerprint density at radius 2 is 1.61 bits per heavy atom. The highest BCUT2D eigenvalue weighted by Gasteiger charge is 2.26. The lowest BCUT2D eigenvalue weighted by molar-refractivity contribution is -0.133. The van der Waals surface area contributed by atoms with Crippen LogP contribution in [0.3, 0.4) is 0 Å². The van der Waals surface area contributed by atoms with E-state index in [0.29, 0.717) is 37.7 Å². The summed E-state index contributed by atoms with van der Waals surface area (Å²) in [5.74, 6) is 1.28. The van der Waals surface area contributed by atoms with E-state index in [1.165, 1.54) is 0 Å². The molecule has 31 heavy (non-hydrogen) atoms. The van der Waals surface area contributed by atoms with E-state index in [1.807, 2.05) is 49.4 Å². The van der Waals surface area contributed by atoms with E-state index in [2.05, 4.69) is 4.90 Å². The summed E-state index contributed by atoms with van der Waals surface area (Å²) < 4.78 is 15.9. The average Bonchev–Trinajstić information content (AvgIpc) is 2.78. The molecule has 2 aromatic rings. The number of ether oxygens (including phenoxy) is 3. The number of primary amides is 1. The summed E-state index contributed by atoms with van der Waals surface area (Å²) in [5, 5.41) is 0. The minimum absolute atomic E-state index is 0.0579. The summed E-state index contributed by atoms with van der Waals surface area (Å²) in [6.07, 6.45) is -1.53. The maximum absolute atomic E-state index is 12.9. The van der Waals surface area contributed by atoms with Gasteiger partial charge in [-0.15, -0.1) is 0 Å². The third-order valence-electron chi connectivity index (χ3n) is 5.43. The van der Waals surface area contributed by atoms with Crippen LogP contribution in [0.25, 0.3) is 0 Å². The fourth-order valence-corrected chi connectivity index (χ4v) is 3.67. The Morgan fingerprint density at radius 1 is 0.968 bits per heavy atom. The molecule has 0 spiro atoms. The number of anilines is 1. The van der Waals surface area contributed by atoms with Crippen molar-refractivity contribution in [2.75, 3.05) is 45.3 Å². The maximum atomic E-state index is 12.9. The van der Waals surface area contributed by atoms with Crippen LogP contribution in [-0.2, 0) is 9.53 Å². The molecule has 1 unspecified atom stereocenters. The zero-order valence-electron chi connectivity index (χ0n) is 18.2. The molecule has 166 valence electrons. The fraction of sp³-hybridized carbons (Fsp3) is 0.391. The van der Waals surface area contributed by atoms with Gasteiger partial charge in [-0.2, -0.15) is 0 Å². The Labute approximate surface area is 182 Å². The van der Waals surface area contributed by atoms with E-state index in [1.54, 1.807) is 19.1 Å². The number of nitrogens with zero attached hydrogens (tertiary/aromatic N) is 2. The molecule has 1 aliphatic rings. The fourth-order valence-electron chi connectivity index (χ4n) is 3.67. The minimum atomic E-state index is -0.892. The molecule has 0 bridgehead atoms. The number of benzene rings is 2. The average molecular weight is 428 g/mol. The van der Waals surface area contributed by atoms with Gasteiger partial charge in [0, 0.05) is 37.9 Å². The second kappa shape index (κ2) is 10.1. The molecule has 1 atom stereocenters. The van der Waals surface area contributed by atoms with Gasteiger partial charge in [0.15, 0.2) is 11.5 Å². The van der Waals surface area contributed by atoms with E-state index < -0.39 is 12.2 Å². The van der Waals surface area contributed by atoms with Crippen LogP contribution in [0.2, 0.25) is 0 Å². The first kappa shape index (κ1) is 22.3. The number of rotatable bonds is 7. The van der Waals surface area contributed by atoms with Gasteiger partial charge in [0.25, 0.3) is 0 Å². The molecule has 0 aliphatic carbocycles. The number of amides is 2. The summed E-state index contributed by atoms with van der Waals surface area (Å²) in [6.45, 7) is 4.49. The lowest BCUT2D eigenvalue weighted by Gasteiger charge is -2.36. The second-order valence-electron chi connectivity index (χ2n) is 7.45. The van der Waals surface area contributed by atoms with Crippen LogP contribution in [0.5, 0.6) is 11.5 Å². The third-order valence-corrected chi connectivity index (χ3v) is 5.43. The van der Waals surface area contributed by atoms with Gasteiger partial charge in [-0.3, -0.25) is 4.79 Å². The molecule has 8 nitrogen and oxygen atoms in total. The van der Waals surface area contributed by atoms with Crippen LogP contribution in [0, 0.1) is 6.92 Å². The molecule has 8 heteroatoms. The molecule has 2 amide bonds. The monoisotopic (exact) mass is 427 g/mol. The van der Waals surface area contributed by atoms with Crippen molar-refractivity contribution in [3.63, 3.8) is 0 Å². The molecule has 1 saturated heterocycles. The van der Waals surface area contributed by atoms with Gasteiger partial charge in [0.1, 0.15) is 6.10 Å². The predicted octanol–water partition coefficient (Wildman–Crippen LogP) is 2.89. The zero-order chi connectivity index (χ0) is 22.4. The van der Waals surface area contributed by atoms with E-state index >= 15 is 0 Å². The Balaban J connectivity index is 1.62. The topological polar surface area (TPSA) is 94.3 Å². The molecular weight excluding hydrogens is 398 g/mol. The van der Waals surface area contributed by atoms with Gasteiger partial charge in [-0.05, 0) is 24.6 Å². The van der Waals surface area contributed by atoms with Crippen molar-refractivity contribution in [3.8, 4) is 11.5 Å². The Hall–Kier alpha value is -3.42. The third kappa shape index (κ3) is 5.59. The van der Waals surface area contributed by atoms with Crippen molar-refractivity contribution in [3.05, 3.63) is 53.6 Å². The minimum Gasteiger partial charge on any atom is -0.493 e. The molecule has 0 aromatic heterocycles. The van der Waals surface area contributed by atoms with Gasteiger partial charge in [0.05, 0.1) is 20.6 Å². The van der Waals surface area contributed by atoms with Gasteiger partial charge < -0.3 is 29.7 Å². The molecule has 2 N–H and O–H groups in total. The molecule has 3 rings (SSSR count). The number of aryl methyl sites for hydroxylation is 1. The van der Waals surface area contributed by atoms with Crippen molar-refractivity contribution in [2.45, 2.75) is 19.4 Å². The Morgan fingerprint density at radius 3 is 2.19 bits per heavy atom. The quantitative estimate of drug-likeness (QED) is 0.730. The van der Waals surface area contributed by atoms with Crippen LogP contribution in [0.15, 0.2) is 42.5 Å². The van der Waals surface area contributed by atoms with Crippen LogP contribution >= 0.6 is 0 Å². The second-order valence-corrected chi connectivity index (χ2v) is 7.45. The number of carbonyl (C=O) groups is 2. The number of nitrogens with two attached hydrogens (primary N) is 1. The van der Waals surface area contributed by atoms with Crippen molar-refractivity contribution in [1.29, 1.82) is 0 Å². The maximum Gasteiger partial charge on any atom is 0.405 e. The largest absolute Gasteiger partial charge is 0.493 e. The Bertz CT molecular complexity index is 908. The van der Waals surface area contributed by atoms with Gasteiger partial charge in [-0.25, -0.2) is 4.79 Å². The van der Waals surface area contributed by atoms with Crippen LogP contribution in [0.1, 0.15) is 23.7 Å². The highest BCUT2D eigenvalue weighted by Crippen LogP contribution is 2.32. The molecule has 1 fully saturated rings. The van der Waals surface area contributed by atoms with E-state index in [4.69, 9.17) is 19.9 Å². The van der Waals surface area contributed by atoms with Crippen LogP contribution in [0.4, 0.5) is 10.5 Å². The van der Waals surface area contributed by atoms with Crippen LogP contribution in [-0.4, -0.2) is 57.3 Å². The summed E-state index contributed by atoms with van der Waals surface area (Å²) in [6, 6.07) is 13.3. The first-order chi connectivity index (χ1) is 14.9. The Kier molecular flexibility index (Phi) is 7.23. The number of hydrogen-bond acceptors (Lipinski definition) is 6. The van der Waals surface area contributed by atoms with Crippen molar-refractivity contribution >= 4 is 17.7 Å². The van der Waals surface area contributed by atoms with Crippen molar-refractivity contribution < 1.29 is 23.8 Å². The molecule has 0 radical (unpaired) electrons. The summed E-state index contributed by atoms with van der Waals surface area (Å²) in [5.41, 5.74) is 8.08. The summed E-state index contributed by atoms with van der Waals surface area (Å²) in [7, 11) is 3.21. The molecule has 1 aliphatic heterocycles. The number of methoxy groups -OCH3 is 2. The lowest BCUT2D eigenvalue weighted by Crippen LogP contribution is -2.49. The van der Waals surface area contributed by atoms with E-state index in [-0.39, 0.29) is 12.3 Å².